The maximum absolute atomic E-state index is 13.6. The lowest BCUT2D eigenvalue weighted by atomic mass is 9.99. The first-order valence-electron chi connectivity index (χ1n) is 6.78. The van der Waals surface area contributed by atoms with E-state index in [2.05, 4.69) is 5.32 Å². The van der Waals surface area contributed by atoms with E-state index < -0.39 is 0 Å². The van der Waals surface area contributed by atoms with Crippen LogP contribution in [0.4, 0.5) is 4.39 Å². The maximum atomic E-state index is 13.6. The molecule has 0 heterocycles. The third-order valence-corrected chi connectivity index (χ3v) is 2.94. The zero-order valence-electron chi connectivity index (χ0n) is 11.8. The highest BCUT2D eigenvalue weighted by Crippen LogP contribution is 2.13. The quantitative estimate of drug-likeness (QED) is 0.661. The second-order valence-electron chi connectivity index (χ2n) is 4.52. The van der Waals surface area contributed by atoms with Crippen molar-refractivity contribution in [3.05, 3.63) is 35.6 Å². The van der Waals surface area contributed by atoms with Gasteiger partial charge in [-0.1, -0.05) is 18.2 Å². The molecule has 0 aromatic heterocycles. The summed E-state index contributed by atoms with van der Waals surface area (Å²) in [6.45, 7) is 5.59. The zero-order valence-corrected chi connectivity index (χ0v) is 11.8. The first-order chi connectivity index (χ1) is 9.27. The summed E-state index contributed by atoms with van der Waals surface area (Å²) in [5.41, 5.74) is 0.751. The second-order valence-corrected chi connectivity index (χ2v) is 4.52. The molecule has 1 atom stereocenters. The number of hydrogen-bond acceptors (Lipinski definition) is 3. The number of methoxy groups -OCH3 is 1. The van der Waals surface area contributed by atoms with Crippen molar-refractivity contribution >= 4 is 0 Å². The van der Waals surface area contributed by atoms with Gasteiger partial charge in [-0.05, 0) is 30.9 Å². The van der Waals surface area contributed by atoms with Crippen molar-refractivity contribution in [2.24, 2.45) is 5.92 Å². The molecule has 0 aliphatic rings. The monoisotopic (exact) mass is 269 g/mol. The smallest absolute Gasteiger partial charge is 0.126 e. The van der Waals surface area contributed by atoms with Gasteiger partial charge in [0.05, 0.1) is 13.2 Å². The second kappa shape index (κ2) is 9.89. The Kier molecular flexibility index (Phi) is 8.38. The molecule has 0 aliphatic heterocycles. The van der Waals surface area contributed by atoms with E-state index in [0.717, 1.165) is 18.7 Å². The molecule has 1 rings (SSSR count). The summed E-state index contributed by atoms with van der Waals surface area (Å²) < 4.78 is 24.1. The van der Waals surface area contributed by atoms with Crippen molar-refractivity contribution in [3.8, 4) is 0 Å². The fourth-order valence-electron chi connectivity index (χ4n) is 1.93. The van der Waals surface area contributed by atoms with Crippen LogP contribution < -0.4 is 5.32 Å². The van der Waals surface area contributed by atoms with Crippen LogP contribution in [0.15, 0.2) is 24.3 Å². The van der Waals surface area contributed by atoms with Crippen LogP contribution in [0.3, 0.4) is 0 Å². The van der Waals surface area contributed by atoms with Crippen LogP contribution >= 0.6 is 0 Å². The van der Waals surface area contributed by atoms with Crippen molar-refractivity contribution in [1.82, 2.24) is 5.32 Å². The first-order valence-corrected chi connectivity index (χ1v) is 6.78. The van der Waals surface area contributed by atoms with E-state index in [1.54, 1.807) is 13.2 Å². The van der Waals surface area contributed by atoms with E-state index in [1.807, 2.05) is 19.1 Å². The van der Waals surface area contributed by atoms with E-state index in [-0.39, 0.29) is 11.7 Å². The average Bonchev–Trinajstić information content (AvgIpc) is 2.43. The normalized spacial score (nSPS) is 12.6. The lowest BCUT2D eigenvalue weighted by Gasteiger charge is -2.18. The molecule has 0 bridgehead atoms. The molecule has 0 saturated heterocycles. The van der Waals surface area contributed by atoms with Gasteiger partial charge in [0.15, 0.2) is 0 Å². The molecule has 19 heavy (non-hydrogen) atoms. The number of benzene rings is 1. The highest BCUT2D eigenvalue weighted by atomic mass is 19.1. The first kappa shape index (κ1) is 16.1. The molecule has 4 heteroatoms. The predicted molar refractivity (Wildman–Crippen MR) is 74.8 cm³/mol. The third kappa shape index (κ3) is 6.66. The van der Waals surface area contributed by atoms with Gasteiger partial charge in [0.2, 0.25) is 0 Å². The number of ether oxygens (including phenoxy) is 2. The molecule has 0 saturated carbocycles. The average molecular weight is 269 g/mol. The molecular formula is C15H24FNO2. The van der Waals surface area contributed by atoms with Crippen LogP contribution in [0.2, 0.25) is 0 Å². The minimum Gasteiger partial charge on any atom is -0.383 e. The summed E-state index contributed by atoms with van der Waals surface area (Å²) in [6, 6.07) is 6.93. The van der Waals surface area contributed by atoms with Gasteiger partial charge in [0, 0.05) is 26.8 Å². The fraction of sp³-hybridized carbons (Fsp3) is 0.600. The molecule has 1 aromatic carbocycles. The van der Waals surface area contributed by atoms with E-state index in [9.17, 15) is 4.39 Å². The molecule has 1 unspecified atom stereocenters. The molecule has 0 aliphatic carbocycles. The van der Waals surface area contributed by atoms with Crippen molar-refractivity contribution < 1.29 is 13.9 Å². The summed E-state index contributed by atoms with van der Waals surface area (Å²) in [6.07, 6.45) is 0.687. The molecular weight excluding hydrogens is 245 g/mol. The maximum Gasteiger partial charge on any atom is 0.126 e. The lowest BCUT2D eigenvalue weighted by molar-refractivity contribution is 0.108. The summed E-state index contributed by atoms with van der Waals surface area (Å²) in [4.78, 5) is 0. The summed E-state index contributed by atoms with van der Waals surface area (Å²) in [5.74, 6) is 0.134. The number of rotatable bonds is 10. The largest absolute Gasteiger partial charge is 0.383 e. The highest BCUT2D eigenvalue weighted by molar-refractivity contribution is 5.17. The Morgan fingerprint density at radius 1 is 1.32 bits per heavy atom. The molecule has 0 amide bonds. The van der Waals surface area contributed by atoms with Crippen molar-refractivity contribution in [3.63, 3.8) is 0 Å². The van der Waals surface area contributed by atoms with E-state index >= 15 is 0 Å². The Morgan fingerprint density at radius 3 is 2.79 bits per heavy atom. The van der Waals surface area contributed by atoms with Crippen LogP contribution in [0.1, 0.15) is 12.5 Å². The number of halogens is 1. The van der Waals surface area contributed by atoms with Gasteiger partial charge in [-0.2, -0.15) is 0 Å². The van der Waals surface area contributed by atoms with Crippen molar-refractivity contribution in [1.29, 1.82) is 0 Å². The van der Waals surface area contributed by atoms with Crippen LogP contribution in [0.5, 0.6) is 0 Å². The molecule has 3 nitrogen and oxygen atoms in total. The molecule has 0 fully saturated rings. The van der Waals surface area contributed by atoms with Crippen LogP contribution in [0.25, 0.3) is 0 Å². The van der Waals surface area contributed by atoms with Gasteiger partial charge in [-0.25, -0.2) is 4.39 Å². The molecule has 0 radical (unpaired) electrons. The van der Waals surface area contributed by atoms with Crippen LogP contribution in [0, 0.1) is 11.7 Å². The van der Waals surface area contributed by atoms with Crippen LogP contribution in [-0.2, 0) is 15.9 Å². The minimum absolute atomic E-state index is 0.138. The van der Waals surface area contributed by atoms with Gasteiger partial charge < -0.3 is 14.8 Å². The Hall–Kier alpha value is -0.970. The van der Waals surface area contributed by atoms with Gasteiger partial charge in [-0.15, -0.1) is 0 Å². The van der Waals surface area contributed by atoms with E-state index in [4.69, 9.17) is 9.47 Å². The Balaban J connectivity index is 2.46. The molecule has 0 spiro atoms. The van der Waals surface area contributed by atoms with Crippen LogP contribution in [-0.4, -0.2) is 40.0 Å². The summed E-state index contributed by atoms with van der Waals surface area (Å²) >= 11 is 0. The standard InChI is InChI=1S/C15H24FNO2/c1-3-19-12-13(11-17-8-9-18-2)10-14-6-4-5-7-15(14)16/h4-7,13,17H,3,8-12H2,1-2H3. The topological polar surface area (TPSA) is 30.5 Å². The van der Waals surface area contributed by atoms with Gasteiger partial charge >= 0.3 is 0 Å². The lowest BCUT2D eigenvalue weighted by Crippen LogP contribution is -2.30. The van der Waals surface area contributed by atoms with Crippen molar-refractivity contribution in [2.75, 3.05) is 40.0 Å². The summed E-state index contributed by atoms with van der Waals surface area (Å²) in [5, 5.41) is 3.31. The van der Waals surface area contributed by atoms with Gasteiger partial charge in [0.25, 0.3) is 0 Å². The Bertz CT molecular complexity index is 347. The van der Waals surface area contributed by atoms with Crippen molar-refractivity contribution in [2.45, 2.75) is 13.3 Å². The molecule has 1 aromatic rings. The Morgan fingerprint density at radius 2 is 2.11 bits per heavy atom. The van der Waals surface area contributed by atoms with E-state index in [0.29, 0.717) is 26.2 Å². The zero-order chi connectivity index (χ0) is 13.9. The SMILES string of the molecule is CCOCC(CNCCOC)Cc1ccccc1F. The number of nitrogens with one attached hydrogen (secondary N) is 1. The fourth-order valence-corrected chi connectivity index (χ4v) is 1.93. The van der Waals surface area contributed by atoms with Gasteiger partial charge in [-0.3, -0.25) is 0 Å². The number of hydrogen-bond donors (Lipinski definition) is 1. The predicted octanol–water partition coefficient (Wildman–Crippen LogP) is 2.26. The Labute approximate surface area is 115 Å². The molecule has 1 N–H and O–H groups in total. The highest BCUT2D eigenvalue weighted by Gasteiger charge is 2.12. The minimum atomic E-state index is -0.138. The molecule has 108 valence electrons. The summed E-state index contributed by atoms with van der Waals surface area (Å²) in [7, 11) is 1.68. The third-order valence-electron chi connectivity index (χ3n) is 2.94. The van der Waals surface area contributed by atoms with Gasteiger partial charge in [0.1, 0.15) is 5.82 Å². The van der Waals surface area contributed by atoms with E-state index in [1.165, 1.54) is 6.07 Å².